The van der Waals surface area contributed by atoms with Crippen molar-refractivity contribution in [1.82, 2.24) is 9.38 Å². The third kappa shape index (κ3) is 2.19. The molecule has 0 fully saturated rings. The van der Waals surface area contributed by atoms with Crippen molar-refractivity contribution in [3.8, 4) is 0 Å². The Bertz CT molecular complexity index is 580. The van der Waals surface area contributed by atoms with Crippen molar-refractivity contribution in [2.45, 2.75) is 6.42 Å². The van der Waals surface area contributed by atoms with Crippen LogP contribution in [0, 0.1) is 0 Å². The normalized spacial score (nSPS) is 10.8. The van der Waals surface area contributed by atoms with E-state index < -0.39 is 5.97 Å². The van der Waals surface area contributed by atoms with Crippen LogP contribution in [-0.2, 0) is 15.9 Å². The molecule has 2 rings (SSSR count). The maximum Gasteiger partial charge on any atom is 0.355 e. The first-order chi connectivity index (χ1) is 8.69. The van der Waals surface area contributed by atoms with Gasteiger partial charge in [-0.3, -0.25) is 4.40 Å². The van der Waals surface area contributed by atoms with Gasteiger partial charge in [0.25, 0.3) is 0 Å². The van der Waals surface area contributed by atoms with Crippen molar-refractivity contribution in [2.24, 2.45) is 0 Å². The van der Waals surface area contributed by atoms with Crippen LogP contribution in [0.3, 0.4) is 0 Å². The Labute approximate surface area is 109 Å². The molecule has 5 nitrogen and oxygen atoms in total. The van der Waals surface area contributed by atoms with E-state index in [0.29, 0.717) is 35.2 Å². The lowest BCUT2D eigenvalue weighted by Gasteiger charge is -2.06. The van der Waals surface area contributed by atoms with E-state index in [1.807, 2.05) is 0 Å². The molecule has 18 heavy (non-hydrogen) atoms. The fraction of sp³-hybridized carbons (Fsp3) is 0.333. The predicted octanol–water partition coefficient (Wildman–Crippen LogP) is 1.96. The third-order valence-corrected chi connectivity index (χ3v) is 2.89. The first-order valence-corrected chi connectivity index (χ1v) is 5.80. The molecule has 2 aromatic heterocycles. The standard InChI is InChI=1S/C12H13ClN2O3/c1-17-7-6-10-14-11(13)8-4-3-5-9(15(8)10)12(16)18-2/h3-5H,6-7H2,1-2H3. The van der Waals surface area contributed by atoms with Gasteiger partial charge in [0.1, 0.15) is 11.5 Å². The van der Waals surface area contributed by atoms with Crippen molar-refractivity contribution < 1.29 is 14.3 Å². The highest BCUT2D eigenvalue weighted by molar-refractivity contribution is 6.32. The molecule has 0 aromatic carbocycles. The fourth-order valence-electron chi connectivity index (χ4n) is 1.79. The maximum absolute atomic E-state index is 11.7. The first-order valence-electron chi connectivity index (χ1n) is 5.42. The number of carbonyl (C=O) groups is 1. The second-order valence-electron chi connectivity index (χ2n) is 3.68. The lowest BCUT2D eigenvalue weighted by Crippen LogP contribution is -2.11. The summed E-state index contributed by atoms with van der Waals surface area (Å²) in [5, 5.41) is 0.367. The Kier molecular flexibility index (Phi) is 3.84. The number of hydrogen-bond donors (Lipinski definition) is 0. The Hall–Kier alpha value is -1.59. The molecule has 0 aliphatic heterocycles. The summed E-state index contributed by atoms with van der Waals surface area (Å²) in [6, 6.07) is 5.22. The van der Waals surface area contributed by atoms with Gasteiger partial charge in [-0.1, -0.05) is 17.7 Å². The highest BCUT2D eigenvalue weighted by Crippen LogP contribution is 2.21. The molecule has 0 N–H and O–H groups in total. The highest BCUT2D eigenvalue weighted by atomic mass is 35.5. The zero-order valence-corrected chi connectivity index (χ0v) is 10.9. The van der Waals surface area contributed by atoms with Gasteiger partial charge < -0.3 is 9.47 Å². The molecule has 0 aliphatic rings. The van der Waals surface area contributed by atoms with Gasteiger partial charge in [-0.25, -0.2) is 9.78 Å². The molecular formula is C12H13ClN2O3. The van der Waals surface area contributed by atoms with Crippen LogP contribution >= 0.6 is 11.6 Å². The molecule has 0 atom stereocenters. The van der Waals surface area contributed by atoms with E-state index in [2.05, 4.69) is 4.98 Å². The highest BCUT2D eigenvalue weighted by Gasteiger charge is 2.16. The molecule has 2 heterocycles. The summed E-state index contributed by atoms with van der Waals surface area (Å²) in [6.45, 7) is 0.505. The Morgan fingerprint density at radius 2 is 2.22 bits per heavy atom. The van der Waals surface area contributed by atoms with E-state index in [1.165, 1.54) is 7.11 Å². The number of methoxy groups -OCH3 is 2. The number of hydrogen-bond acceptors (Lipinski definition) is 4. The van der Waals surface area contributed by atoms with Gasteiger partial charge in [0.15, 0.2) is 5.15 Å². The molecule has 2 aromatic rings. The number of pyridine rings is 1. The molecule has 0 spiro atoms. The van der Waals surface area contributed by atoms with Crippen molar-refractivity contribution >= 4 is 23.1 Å². The van der Waals surface area contributed by atoms with Crippen LogP contribution in [0.4, 0.5) is 0 Å². The molecule has 0 amide bonds. The van der Waals surface area contributed by atoms with Gasteiger partial charge in [-0.05, 0) is 12.1 Å². The summed E-state index contributed by atoms with van der Waals surface area (Å²) in [7, 11) is 2.95. The Balaban J connectivity index is 2.60. The number of aromatic nitrogens is 2. The lowest BCUT2D eigenvalue weighted by atomic mass is 10.3. The molecule has 0 saturated heterocycles. The molecule has 6 heteroatoms. The van der Waals surface area contributed by atoms with Gasteiger partial charge in [0.05, 0.1) is 19.2 Å². The van der Waals surface area contributed by atoms with Crippen LogP contribution < -0.4 is 0 Å². The van der Waals surface area contributed by atoms with E-state index in [9.17, 15) is 4.79 Å². The lowest BCUT2D eigenvalue weighted by molar-refractivity contribution is 0.0591. The van der Waals surface area contributed by atoms with Gasteiger partial charge in [0.2, 0.25) is 0 Å². The van der Waals surface area contributed by atoms with E-state index >= 15 is 0 Å². The minimum atomic E-state index is -0.423. The summed E-state index contributed by atoms with van der Waals surface area (Å²) in [6.07, 6.45) is 0.568. The Morgan fingerprint density at radius 3 is 2.89 bits per heavy atom. The molecule has 0 unspecified atom stereocenters. The predicted molar refractivity (Wildman–Crippen MR) is 67.1 cm³/mol. The average Bonchev–Trinajstić information content (AvgIpc) is 2.72. The average molecular weight is 269 g/mol. The van der Waals surface area contributed by atoms with Crippen molar-refractivity contribution in [3.63, 3.8) is 0 Å². The Morgan fingerprint density at radius 1 is 1.44 bits per heavy atom. The number of fused-ring (bicyclic) bond motifs is 1. The van der Waals surface area contributed by atoms with Crippen molar-refractivity contribution in [3.05, 3.63) is 34.9 Å². The van der Waals surface area contributed by atoms with Gasteiger partial charge in [0, 0.05) is 13.5 Å². The monoisotopic (exact) mass is 268 g/mol. The molecule has 0 radical (unpaired) electrons. The quantitative estimate of drug-likeness (QED) is 0.796. The van der Waals surface area contributed by atoms with Crippen LogP contribution in [0.2, 0.25) is 5.15 Å². The number of imidazole rings is 1. The fourth-order valence-corrected chi connectivity index (χ4v) is 2.04. The molecule has 0 saturated carbocycles. The summed E-state index contributed by atoms with van der Waals surface area (Å²) in [5.41, 5.74) is 1.09. The van der Waals surface area contributed by atoms with Crippen molar-refractivity contribution in [2.75, 3.05) is 20.8 Å². The number of halogens is 1. The SMILES string of the molecule is COCCc1nc(Cl)c2cccc(C(=O)OC)n12. The first kappa shape index (κ1) is 12.9. The van der Waals surface area contributed by atoms with Gasteiger partial charge in [-0.2, -0.15) is 0 Å². The van der Waals surface area contributed by atoms with Crippen LogP contribution in [0.5, 0.6) is 0 Å². The topological polar surface area (TPSA) is 52.8 Å². The van der Waals surface area contributed by atoms with Gasteiger partial charge >= 0.3 is 5.97 Å². The van der Waals surface area contributed by atoms with Crippen LogP contribution in [0.1, 0.15) is 16.3 Å². The zero-order valence-electron chi connectivity index (χ0n) is 10.1. The number of esters is 1. The number of rotatable bonds is 4. The largest absolute Gasteiger partial charge is 0.464 e. The minimum Gasteiger partial charge on any atom is -0.464 e. The molecule has 0 aliphatic carbocycles. The zero-order chi connectivity index (χ0) is 13.1. The number of nitrogens with zero attached hydrogens (tertiary/aromatic N) is 2. The number of ether oxygens (including phenoxy) is 2. The summed E-state index contributed by atoms with van der Waals surface area (Å²) in [4.78, 5) is 16.0. The number of carbonyl (C=O) groups excluding carboxylic acids is 1. The van der Waals surface area contributed by atoms with Crippen LogP contribution in [0.25, 0.3) is 5.52 Å². The molecular weight excluding hydrogens is 256 g/mol. The van der Waals surface area contributed by atoms with E-state index in [-0.39, 0.29) is 0 Å². The molecule has 0 bridgehead atoms. The smallest absolute Gasteiger partial charge is 0.355 e. The van der Waals surface area contributed by atoms with Gasteiger partial charge in [-0.15, -0.1) is 0 Å². The second kappa shape index (κ2) is 5.37. The maximum atomic E-state index is 11.7. The van der Waals surface area contributed by atoms with Crippen LogP contribution in [-0.4, -0.2) is 36.2 Å². The van der Waals surface area contributed by atoms with E-state index in [1.54, 1.807) is 29.7 Å². The summed E-state index contributed by atoms with van der Waals surface area (Å²) >= 11 is 6.05. The van der Waals surface area contributed by atoms with E-state index in [4.69, 9.17) is 21.1 Å². The summed E-state index contributed by atoms with van der Waals surface area (Å²) < 4.78 is 11.5. The second-order valence-corrected chi connectivity index (χ2v) is 4.04. The molecule has 96 valence electrons. The summed E-state index contributed by atoms with van der Waals surface area (Å²) in [5.74, 6) is 0.256. The minimum absolute atomic E-state index is 0.367. The van der Waals surface area contributed by atoms with E-state index in [0.717, 1.165) is 0 Å². The van der Waals surface area contributed by atoms with Crippen molar-refractivity contribution in [1.29, 1.82) is 0 Å². The van der Waals surface area contributed by atoms with Crippen LogP contribution in [0.15, 0.2) is 18.2 Å². The third-order valence-electron chi connectivity index (χ3n) is 2.61.